The molecule has 0 saturated heterocycles. The zero-order chi connectivity index (χ0) is 15.3. The lowest BCUT2D eigenvalue weighted by Gasteiger charge is -2.16. The van der Waals surface area contributed by atoms with Crippen molar-refractivity contribution < 1.29 is 29.3 Å². The summed E-state index contributed by atoms with van der Waals surface area (Å²) in [6.45, 7) is 3.60. The molecule has 0 aliphatic carbocycles. The molecule has 2 N–H and O–H groups in total. The van der Waals surface area contributed by atoms with Crippen molar-refractivity contribution in [2.45, 2.75) is 26.4 Å². The maximum absolute atomic E-state index is 11.9. The molecule has 0 radical (unpaired) electrons. The summed E-state index contributed by atoms with van der Waals surface area (Å²) in [6, 6.07) is 5.52. The van der Waals surface area contributed by atoms with Crippen LogP contribution in [0.5, 0.6) is 0 Å². The van der Waals surface area contributed by atoms with E-state index in [4.69, 9.17) is 14.9 Å². The van der Waals surface area contributed by atoms with Crippen molar-refractivity contribution in [3.8, 4) is 0 Å². The Bertz CT molecular complexity index is 520. The number of carbonyl (C=O) groups is 3. The third-order valence-corrected chi connectivity index (χ3v) is 2.59. The van der Waals surface area contributed by atoms with Crippen molar-refractivity contribution in [2.75, 3.05) is 0 Å². The number of ether oxygens (including phenoxy) is 1. The monoisotopic (exact) mass is 280 g/mol. The van der Waals surface area contributed by atoms with Crippen molar-refractivity contribution in [2.24, 2.45) is 5.92 Å². The molecule has 1 aromatic rings. The zero-order valence-electron chi connectivity index (χ0n) is 11.2. The summed E-state index contributed by atoms with van der Waals surface area (Å²) < 4.78 is 4.90. The van der Waals surface area contributed by atoms with Gasteiger partial charge in [-0.2, -0.15) is 0 Å². The van der Waals surface area contributed by atoms with Gasteiger partial charge in [0, 0.05) is 0 Å². The van der Waals surface area contributed by atoms with E-state index in [2.05, 4.69) is 0 Å². The highest BCUT2D eigenvalue weighted by atomic mass is 16.6. The van der Waals surface area contributed by atoms with Crippen LogP contribution in [-0.2, 0) is 9.53 Å². The molecule has 0 amide bonds. The number of esters is 1. The fourth-order valence-corrected chi connectivity index (χ4v) is 1.67. The van der Waals surface area contributed by atoms with E-state index in [1.165, 1.54) is 24.3 Å². The van der Waals surface area contributed by atoms with Gasteiger partial charge in [0.2, 0.25) is 0 Å². The SMILES string of the molecule is CC(C)CC(OC(=O)c1ccccc1C(=O)O)C(=O)O. The average molecular weight is 280 g/mol. The Labute approximate surface area is 116 Å². The number of carbonyl (C=O) groups excluding carboxylic acids is 1. The summed E-state index contributed by atoms with van der Waals surface area (Å²) in [5.74, 6) is -3.44. The molecule has 0 fully saturated rings. The summed E-state index contributed by atoms with van der Waals surface area (Å²) in [5.41, 5.74) is -0.374. The van der Waals surface area contributed by atoms with Gasteiger partial charge in [-0.25, -0.2) is 14.4 Å². The molecule has 6 nitrogen and oxygen atoms in total. The third kappa shape index (κ3) is 4.08. The summed E-state index contributed by atoms with van der Waals surface area (Å²) in [5, 5.41) is 18.0. The van der Waals surface area contributed by atoms with Crippen molar-refractivity contribution in [1.82, 2.24) is 0 Å². The van der Waals surface area contributed by atoms with E-state index >= 15 is 0 Å². The number of aliphatic carboxylic acids is 1. The van der Waals surface area contributed by atoms with Crippen LogP contribution < -0.4 is 0 Å². The molecule has 1 aromatic carbocycles. The van der Waals surface area contributed by atoms with Gasteiger partial charge in [0.15, 0.2) is 6.10 Å². The minimum Gasteiger partial charge on any atom is -0.479 e. The smallest absolute Gasteiger partial charge is 0.345 e. The van der Waals surface area contributed by atoms with E-state index in [9.17, 15) is 14.4 Å². The molecule has 0 bridgehead atoms. The molecule has 1 unspecified atom stereocenters. The van der Waals surface area contributed by atoms with E-state index in [1.54, 1.807) is 13.8 Å². The molecule has 0 aliphatic rings. The van der Waals surface area contributed by atoms with Gasteiger partial charge in [-0.15, -0.1) is 0 Å². The van der Waals surface area contributed by atoms with Gasteiger partial charge < -0.3 is 14.9 Å². The Morgan fingerprint density at radius 2 is 1.65 bits per heavy atom. The second kappa shape index (κ2) is 6.70. The van der Waals surface area contributed by atoms with Crippen LogP contribution in [0.2, 0.25) is 0 Å². The van der Waals surface area contributed by atoms with Gasteiger partial charge in [-0.1, -0.05) is 26.0 Å². The van der Waals surface area contributed by atoms with Crippen LogP contribution in [0.4, 0.5) is 0 Å². The molecule has 6 heteroatoms. The van der Waals surface area contributed by atoms with Crippen molar-refractivity contribution in [1.29, 1.82) is 0 Å². The second-order valence-corrected chi connectivity index (χ2v) is 4.71. The molecule has 0 aliphatic heterocycles. The first-order valence-corrected chi connectivity index (χ1v) is 6.09. The largest absolute Gasteiger partial charge is 0.479 e. The van der Waals surface area contributed by atoms with E-state index in [0.29, 0.717) is 0 Å². The molecule has 0 saturated carbocycles. The number of aromatic carboxylic acids is 1. The van der Waals surface area contributed by atoms with Crippen LogP contribution in [-0.4, -0.2) is 34.2 Å². The number of benzene rings is 1. The highest BCUT2D eigenvalue weighted by Gasteiger charge is 2.26. The third-order valence-electron chi connectivity index (χ3n) is 2.59. The summed E-state index contributed by atoms with van der Waals surface area (Å²) >= 11 is 0. The topological polar surface area (TPSA) is 101 Å². The summed E-state index contributed by atoms with van der Waals surface area (Å²) in [7, 11) is 0. The maximum atomic E-state index is 11.9. The molecule has 0 aromatic heterocycles. The van der Waals surface area contributed by atoms with Crippen molar-refractivity contribution in [3.63, 3.8) is 0 Å². The van der Waals surface area contributed by atoms with Crippen LogP contribution >= 0.6 is 0 Å². The Morgan fingerprint density at radius 3 is 2.10 bits per heavy atom. The van der Waals surface area contributed by atoms with Gasteiger partial charge in [-0.3, -0.25) is 0 Å². The Balaban J connectivity index is 2.95. The van der Waals surface area contributed by atoms with Crippen LogP contribution in [0.15, 0.2) is 24.3 Å². The number of carboxylic acid groups (broad SMARTS) is 2. The number of hydrogen-bond donors (Lipinski definition) is 2. The predicted octanol–water partition coefficient (Wildman–Crippen LogP) is 2.04. The normalized spacial score (nSPS) is 11.9. The number of carboxylic acids is 2. The summed E-state index contributed by atoms with van der Waals surface area (Å²) in [6.07, 6.45) is -1.12. The fraction of sp³-hybridized carbons (Fsp3) is 0.357. The van der Waals surface area contributed by atoms with E-state index < -0.39 is 24.0 Å². The standard InChI is InChI=1S/C14H16O6/c1-8(2)7-11(13(17)18)20-14(19)10-6-4-3-5-9(10)12(15)16/h3-6,8,11H,7H2,1-2H3,(H,15,16)(H,17,18). The first-order valence-electron chi connectivity index (χ1n) is 6.09. The maximum Gasteiger partial charge on any atom is 0.345 e. The average Bonchev–Trinajstić information content (AvgIpc) is 2.37. The van der Waals surface area contributed by atoms with Crippen LogP contribution in [0, 0.1) is 5.92 Å². The van der Waals surface area contributed by atoms with Gasteiger partial charge >= 0.3 is 17.9 Å². The van der Waals surface area contributed by atoms with E-state index in [-0.39, 0.29) is 23.5 Å². The molecule has 1 atom stereocenters. The lowest BCUT2D eigenvalue weighted by atomic mass is 10.1. The van der Waals surface area contributed by atoms with Crippen molar-refractivity contribution in [3.05, 3.63) is 35.4 Å². The zero-order valence-corrected chi connectivity index (χ0v) is 11.2. The highest BCUT2D eigenvalue weighted by Crippen LogP contribution is 2.15. The minimum atomic E-state index is -1.29. The van der Waals surface area contributed by atoms with E-state index in [0.717, 1.165) is 0 Å². The molecule has 108 valence electrons. The second-order valence-electron chi connectivity index (χ2n) is 4.71. The molecular formula is C14H16O6. The number of rotatable bonds is 6. The molecule has 0 spiro atoms. The molecule has 0 heterocycles. The molecule has 1 rings (SSSR count). The molecular weight excluding hydrogens is 264 g/mol. The lowest BCUT2D eigenvalue weighted by Crippen LogP contribution is -2.29. The van der Waals surface area contributed by atoms with Crippen LogP contribution in [0.25, 0.3) is 0 Å². The minimum absolute atomic E-state index is 0.0265. The van der Waals surface area contributed by atoms with E-state index in [1.807, 2.05) is 0 Å². The lowest BCUT2D eigenvalue weighted by molar-refractivity contribution is -0.148. The van der Waals surface area contributed by atoms with Crippen LogP contribution in [0.1, 0.15) is 41.0 Å². The Hall–Kier alpha value is -2.37. The van der Waals surface area contributed by atoms with Gasteiger partial charge in [0.25, 0.3) is 0 Å². The first kappa shape index (κ1) is 15.7. The first-order chi connectivity index (χ1) is 9.32. The van der Waals surface area contributed by atoms with Crippen molar-refractivity contribution >= 4 is 17.9 Å². The fourth-order valence-electron chi connectivity index (χ4n) is 1.67. The van der Waals surface area contributed by atoms with Gasteiger partial charge in [0.05, 0.1) is 11.1 Å². The quantitative estimate of drug-likeness (QED) is 0.773. The highest BCUT2D eigenvalue weighted by molar-refractivity contribution is 6.02. The molecule has 20 heavy (non-hydrogen) atoms. The number of hydrogen-bond acceptors (Lipinski definition) is 4. The van der Waals surface area contributed by atoms with Crippen LogP contribution in [0.3, 0.4) is 0 Å². The van der Waals surface area contributed by atoms with Gasteiger partial charge in [0.1, 0.15) is 0 Å². The van der Waals surface area contributed by atoms with Gasteiger partial charge in [-0.05, 0) is 24.5 Å². The Kier molecular flexibility index (Phi) is 5.25. The Morgan fingerprint density at radius 1 is 1.10 bits per heavy atom. The predicted molar refractivity (Wildman–Crippen MR) is 69.7 cm³/mol. The summed E-state index contributed by atoms with van der Waals surface area (Å²) in [4.78, 5) is 33.9.